The van der Waals surface area contributed by atoms with E-state index in [-0.39, 0.29) is 11.4 Å². The summed E-state index contributed by atoms with van der Waals surface area (Å²) in [5.41, 5.74) is 2.14. The van der Waals surface area contributed by atoms with Gasteiger partial charge < -0.3 is 14.7 Å². The van der Waals surface area contributed by atoms with Gasteiger partial charge in [0.2, 0.25) is 0 Å². The molecule has 3 aromatic carbocycles. The summed E-state index contributed by atoms with van der Waals surface area (Å²) in [6.45, 7) is 1.65. The van der Waals surface area contributed by atoms with E-state index in [0.717, 1.165) is 16.3 Å². The number of fused-ring (bicyclic) bond motifs is 1. The first-order valence-corrected chi connectivity index (χ1v) is 10.3. The highest BCUT2D eigenvalue weighted by Gasteiger charge is 2.42. The van der Waals surface area contributed by atoms with E-state index in [0.29, 0.717) is 24.1 Å². The minimum atomic E-state index is -0.721. The van der Waals surface area contributed by atoms with E-state index in [2.05, 4.69) is 0 Å². The van der Waals surface area contributed by atoms with E-state index in [9.17, 15) is 19.5 Å². The Morgan fingerprint density at radius 3 is 2.38 bits per heavy atom. The SMILES string of the molecule is COC(=O)c1ccc(C2C(C(C)=O)=C(O)C(=O)N2CCc2cccc3ccccc23)cc1. The second-order valence-corrected chi connectivity index (χ2v) is 7.72. The quantitative estimate of drug-likeness (QED) is 0.595. The molecule has 0 bridgehead atoms. The summed E-state index contributed by atoms with van der Waals surface area (Å²) in [4.78, 5) is 38.5. The van der Waals surface area contributed by atoms with Gasteiger partial charge in [-0.2, -0.15) is 0 Å². The van der Waals surface area contributed by atoms with E-state index >= 15 is 0 Å². The third-order valence-corrected chi connectivity index (χ3v) is 5.83. The average molecular weight is 429 g/mol. The molecular weight excluding hydrogens is 406 g/mol. The maximum absolute atomic E-state index is 12.9. The molecule has 0 fully saturated rings. The van der Waals surface area contributed by atoms with Gasteiger partial charge in [-0.3, -0.25) is 9.59 Å². The molecule has 1 heterocycles. The number of esters is 1. The van der Waals surface area contributed by atoms with Crippen molar-refractivity contribution in [2.45, 2.75) is 19.4 Å². The van der Waals surface area contributed by atoms with Crippen LogP contribution in [-0.4, -0.2) is 41.3 Å². The van der Waals surface area contributed by atoms with Gasteiger partial charge in [-0.25, -0.2) is 4.79 Å². The molecule has 0 saturated carbocycles. The Balaban J connectivity index is 1.67. The molecule has 1 aliphatic heterocycles. The van der Waals surface area contributed by atoms with Crippen LogP contribution in [0.4, 0.5) is 0 Å². The first-order chi connectivity index (χ1) is 15.4. The van der Waals surface area contributed by atoms with Crippen molar-refractivity contribution in [3.8, 4) is 0 Å². The lowest BCUT2D eigenvalue weighted by Gasteiger charge is -2.27. The standard InChI is InChI=1S/C26H23NO5/c1-16(28)22-23(19-10-12-20(13-11-19)26(31)32-2)27(25(30)24(22)29)15-14-18-8-5-7-17-6-3-4-9-21(17)18/h3-13,23,29H,14-15H2,1-2H3. The monoisotopic (exact) mass is 429 g/mol. The number of hydrogen-bond donors (Lipinski definition) is 1. The van der Waals surface area contributed by atoms with Crippen molar-refractivity contribution in [3.05, 3.63) is 94.8 Å². The summed E-state index contributed by atoms with van der Waals surface area (Å²) in [5.74, 6) is -1.93. The van der Waals surface area contributed by atoms with Crippen LogP contribution in [0.5, 0.6) is 0 Å². The molecule has 1 unspecified atom stereocenters. The molecule has 0 radical (unpaired) electrons. The van der Waals surface area contributed by atoms with Crippen molar-refractivity contribution in [2.24, 2.45) is 0 Å². The van der Waals surface area contributed by atoms with E-state index in [1.807, 2.05) is 42.5 Å². The van der Waals surface area contributed by atoms with Crippen LogP contribution < -0.4 is 0 Å². The van der Waals surface area contributed by atoms with Crippen LogP contribution in [0.2, 0.25) is 0 Å². The van der Waals surface area contributed by atoms with Crippen LogP contribution in [0, 0.1) is 0 Å². The molecule has 1 aliphatic rings. The largest absolute Gasteiger partial charge is 0.503 e. The van der Waals surface area contributed by atoms with E-state index in [1.165, 1.54) is 18.9 Å². The molecule has 1 N–H and O–H groups in total. The molecule has 6 heteroatoms. The van der Waals surface area contributed by atoms with Crippen molar-refractivity contribution in [1.82, 2.24) is 4.90 Å². The van der Waals surface area contributed by atoms with Gasteiger partial charge in [0.1, 0.15) is 0 Å². The number of hydrogen-bond acceptors (Lipinski definition) is 5. The van der Waals surface area contributed by atoms with E-state index < -0.39 is 23.7 Å². The number of Topliss-reactive ketones (excluding diaryl/α,β-unsaturated/α-hetero) is 1. The zero-order valence-electron chi connectivity index (χ0n) is 17.9. The molecule has 3 aromatic rings. The van der Waals surface area contributed by atoms with Gasteiger partial charge in [-0.15, -0.1) is 0 Å². The maximum Gasteiger partial charge on any atom is 0.337 e. The highest BCUT2D eigenvalue weighted by Crippen LogP contribution is 2.38. The summed E-state index contributed by atoms with van der Waals surface area (Å²) in [6, 6.07) is 19.9. The van der Waals surface area contributed by atoms with Crippen LogP contribution >= 0.6 is 0 Å². The van der Waals surface area contributed by atoms with Gasteiger partial charge in [-0.1, -0.05) is 54.6 Å². The molecule has 32 heavy (non-hydrogen) atoms. The Labute approximate surface area is 185 Å². The minimum absolute atomic E-state index is 0.0683. The van der Waals surface area contributed by atoms with Crippen LogP contribution in [0.15, 0.2) is 78.1 Å². The fourth-order valence-corrected chi connectivity index (χ4v) is 4.26. The van der Waals surface area contributed by atoms with Gasteiger partial charge in [-0.05, 0) is 47.4 Å². The smallest absolute Gasteiger partial charge is 0.337 e. The Kier molecular flexibility index (Phi) is 5.77. The van der Waals surface area contributed by atoms with Gasteiger partial charge in [0.15, 0.2) is 11.5 Å². The number of benzene rings is 3. The number of ether oxygens (including phenoxy) is 1. The summed E-state index contributed by atoms with van der Waals surface area (Å²) in [5, 5.41) is 12.7. The molecule has 4 rings (SSSR count). The highest BCUT2D eigenvalue weighted by atomic mass is 16.5. The number of carbonyl (C=O) groups excluding carboxylic acids is 3. The van der Waals surface area contributed by atoms with E-state index in [4.69, 9.17) is 4.74 Å². The van der Waals surface area contributed by atoms with Gasteiger partial charge in [0.05, 0.1) is 24.3 Å². The Morgan fingerprint density at radius 2 is 1.69 bits per heavy atom. The molecule has 0 saturated heterocycles. The van der Waals surface area contributed by atoms with Crippen molar-refractivity contribution < 1.29 is 24.2 Å². The summed E-state index contributed by atoms with van der Waals surface area (Å²) < 4.78 is 4.73. The van der Waals surface area contributed by atoms with Gasteiger partial charge in [0.25, 0.3) is 5.91 Å². The van der Waals surface area contributed by atoms with Crippen LogP contribution in [0.25, 0.3) is 10.8 Å². The fraction of sp³-hybridized carbons (Fsp3) is 0.192. The molecular formula is C26H23NO5. The number of rotatable bonds is 6. The lowest BCUT2D eigenvalue weighted by Crippen LogP contribution is -2.33. The Hall–Kier alpha value is -3.93. The Morgan fingerprint density at radius 1 is 1.00 bits per heavy atom. The predicted molar refractivity (Wildman–Crippen MR) is 120 cm³/mol. The van der Waals surface area contributed by atoms with Crippen LogP contribution in [0.1, 0.15) is 34.5 Å². The number of nitrogens with zero attached hydrogens (tertiary/aromatic N) is 1. The third-order valence-electron chi connectivity index (χ3n) is 5.83. The van der Waals surface area contributed by atoms with E-state index in [1.54, 1.807) is 24.3 Å². The highest BCUT2D eigenvalue weighted by molar-refractivity contribution is 6.08. The molecule has 162 valence electrons. The number of carbonyl (C=O) groups is 3. The van der Waals surface area contributed by atoms with Crippen molar-refractivity contribution in [2.75, 3.05) is 13.7 Å². The number of methoxy groups -OCH3 is 1. The lowest BCUT2D eigenvalue weighted by molar-refractivity contribution is -0.129. The molecule has 1 atom stereocenters. The molecule has 6 nitrogen and oxygen atoms in total. The van der Waals surface area contributed by atoms with Crippen LogP contribution in [-0.2, 0) is 20.7 Å². The van der Waals surface area contributed by atoms with Crippen molar-refractivity contribution >= 4 is 28.4 Å². The predicted octanol–water partition coefficient (Wildman–Crippen LogP) is 4.15. The summed E-state index contributed by atoms with van der Waals surface area (Å²) in [6.07, 6.45) is 0.558. The maximum atomic E-state index is 12.9. The van der Waals surface area contributed by atoms with Gasteiger partial charge >= 0.3 is 5.97 Å². The normalized spacial score (nSPS) is 16.0. The second kappa shape index (κ2) is 8.67. The summed E-state index contributed by atoms with van der Waals surface area (Å²) in [7, 11) is 1.30. The number of ketones is 1. The minimum Gasteiger partial charge on any atom is -0.503 e. The first kappa shape index (κ1) is 21.3. The summed E-state index contributed by atoms with van der Waals surface area (Å²) >= 11 is 0. The zero-order valence-corrected chi connectivity index (χ0v) is 17.9. The van der Waals surface area contributed by atoms with Crippen molar-refractivity contribution in [1.29, 1.82) is 0 Å². The lowest BCUT2D eigenvalue weighted by atomic mass is 9.95. The fourth-order valence-electron chi connectivity index (χ4n) is 4.26. The van der Waals surface area contributed by atoms with Crippen LogP contribution in [0.3, 0.4) is 0 Å². The second-order valence-electron chi connectivity index (χ2n) is 7.72. The number of aliphatic hydroxyl groups excluding tert-OH is 1. The number of aliphatic hydroxyl groups is 1. The third kappa shape index (κ3) is 3.75. The van der Waals surface area contributed by atoms with Crippen molar-refractivity contribution in [3.63, 3.8) is 0 Å². The number of amides is 1. The Bertz CT molecular complexity index is 1240. The average Bonchev–Trinajstić information content (AvgIpc) is 3.07. The molecule has 1 amide bonds. The van der Waals surface area contributed by atoms with Gasteiger partial charge in [0, 0.05) is 6.54 Å². The topological polar surface area (TPSA) is 83.9 Å². The first-order valence-electron chi connectivity index (χ1n) is 10.3. The molecule has 0 aliphatic carbocycles. The molecule has 0 aromatic heterocycles. The zero-order chi connectivity index (χ0) is 22.8. The molecule has 0 spiro atoms.